The highest BCUT2D eigenvalue weighted by Gasteiger charge is 2.35. The van der Waals surface area contributed by atoms with Crippen LogP contribution >= 0.6 is 0 Å². The third-order valence-electron chi connectivity index (χ3n) is 14.2. The Morgan fingerprint density at radius 2 is 1.12 bits per heavy atom. The molecule has 1 aliphatic carbocycles. The predicted molar refractivity (Wildman–Crippen MR) is 271 cm³/mol. The second-order valence-corrected chi connectivity index (χ2v) is 17.8. The lowest BCUT2D eigenvalue weighted by Gasteiger charge is -2.32. The molecule has 10 aromatic carbocycles. The summed E-state index contributed by atoms with van der Waals surface area (Å²) in [6.07, 6.45) is 4.03. The lowest BCUT2D eigenvalue weighted by atomic mass is 9.78. The van der Waals surface area contributed by atoms with Crippen LogP contribution in [0.4, 0.5) is 0 Å². The number of fused-ring (bicyclic) bond motifs is 11. The Morgan fingerprint density at radius 1 is 0.484 bits per heavy atom. The highest BCUT2D eigenvalue weighted by molar-refractivity contribution is 6.18. The van der Waals surface area contributed by atoms with E-state index in [2.05, 4.69) is 206 Å². The van der Waals surface area contributed by atoms with Crippen LogP contribution in [0.1, 0.15) is 53.6 Å². The molecule has 13 rings (SSSR count). The number of amidine groups is 1. The summed E-state index contributed by atoms with van der Waals surface area (Å²) in [6.45, 7) is 2.32. The molecule has 1 aromatic heterocycles. The number of hydrogen-bond acceptors (Lipinski definition) is 2. The first-order valence-electron chi connectivity index (χ1n) is 22.9. The normalized spacial score (nSPS) is 16.3. The Bertz CT molecular complexity index is 3770. The molecule has 64 heavy (non-hydrogen) atoms. The largest absolute Gasteiger partial charge is 0.309 e. The van der Waals surface area contributed by atoms with Crippen LogP contribution in [-0.4, -0.2) is 16.1 Å². The van der Waals surface area contributed by atoms with Crippen molar-refractivity contribution in [3.05, 3.63) is 222 Å². The van der Waals surface area contributed by atoms with Crippen LogP contribution in [0.5, 0.6) is 0 Å². The molecule has 1 aliphatic heterocycles. The van der Waals surface area contributed by atoms with Gasteiger partial charge in [0.1, 0.15) is 0 Å². The second-order valence-electron chi connectivity index (χ2n) is 17.8. The summed E-state index contributed by atoms with van der Waals surface area (Å²) in [5.74, 6) is 0.823. The van der Waals surface area contributed by atoms with Crippen molar-refractivity contribution in [3.8, 4) is 16.8 Å². The smallest absolute Gasteiger partial charge is 0.155 e. The number of aliphatic imine (C=N–C) groups is 2. The van der Waals surface area contributed by atoms with Gasteiger partial charge in [-0.15, -0.1) is 0 Å². The van der Waals surface area contributed by atoms with Gasteiger partial charge in [0.15, 0.2) is 5.84 Å². The molecule has 0 radical (unpaired) electrons. The zero-order valence-corrected chi connectivity index (χ0v) is 35.8. The minimum atomic E-state index is -0.194. The molecule has 2 aliphatic rings. The van der Waals surface area contributed by atoms with Crippen molar-refractivity contribution >= 4 is 76.4 Å². The average molecular weight is 820 g/mol. The SMILES string of the molecule is CCC1C(c2ccc3ccccc3c2)=NC(c2ccc3c(ccc4ccccc43)c2)=NC1c1cc(-n2c3ccccc3c3cc4ccccc4cc32)cc2c1-c1ccccc1CCC2. The van der Waals surface area contributed by atoms with Gasteiger partial charge in [-0.05, 0) is 145 Å². The van der Waals surface area contributed by atoms with E-state index >= 15 is 0 Å². The van der Waals surface area contributed by atoms with E-state index in [1.54, 1.807) is 0 Å². The third-order valence-corrected chi connectivity index (χ3v) is 14.2. The van der Waals surface area contributed by atoms with Crippen molar-refractivity contribution in [2.75, 3.05) is 0 Å². The van der Waals surface area contributed by atoms with Crippen LogP contribution in [0.25, 0.3) is 81.7 Å². The van der Waals surface area contributed by atoms with Gasteiger partial charge in [0.25, 0.3) is 0 Å². The van der Waals surface area contributed by atoms with E-state index in [0.717, 1.165) is 48.4 Å². The van der Waals surface area contributed by atoms with Crippen molar-refractivity contribution in [1.29, 1.82) is 0 Å². The number of benzene rings is 10. The van der Waals surface area contributed by atoms with E-state index in [9.17, 15) is 0 Å². The van der Waals surface area contributed by atoms with Gasteiger partial charge in [-0.3, -0.25) is 4.99 Å². The lowest BCUT2D eigenvalue weighted by Crippen LogP contribution is -2.28. The summed E-state index contributed by atoms with van der Waals surface area (Å²) in [7, 11) is 0. The average Bonchev–Trinajstić information content (AvgIpc) is 3.54. The van der Waals surface area contributed by atoms with E-state index in [4.69, 9.17) is 9.98 Å². The molecule has 3 heteroatoms. The summed E-state index contributed by atoms with van der Waals surface area (Å²) in [4.78, 5) is 11.5. The van der Waals surface area contributed by atoms with Gasteiger partial charge in [0.05, 0.1) is 22.8 Å². The summed E-state index contributed by atoms with van der Waals surface area (Å²) in [6, 6.07) is 71.9. The Labute approximate surface area is 372 Å². The molecule has 0 amide bonds. The summed E-state index contributed by atoms with van der Waals surface area (Å²) < 4.78 is 2.53. The van der Waals surface area contributed by atoms with Gasteiger partial charge >= 0.3 is 0 Å². The van der Waals surface area contributed by atoms with Crippen molar-refractivity contribution < 1.29 is 0 Å². The maximum atomic E-state index is 5.90. The fourth-order valence-electron chi connectivity index (χ4n) is 11.2. The van der Waals surface area contributed by atoms with Crippen LogP contribution in [-0.2, 0) is 12.8 Å². The van der Waals surface area contributed by atoms with Crippen LogP contribution in [0, 0.1) is 5.92 Å². The highest BCUT2D eigenvalue weighted by Crippen LogP contribution is 2.47. The summed E-state index contributed by atoms with van der Waals surface area (Å²) in [5, 5.41) is 12.4. The van der Waals surface area contributed by atoms with E-state index in [0.29, 0.717) is 0 Å². The van der Waals surface area contributed by atoms with E-state index in [1.165, 1.54) is 98.4 Å². The molecule has 3 nitrogen and oxygen atoms in total. The van der Waals surface area contributed by atoms with Crippen molar-refractivity contribution in [3.63, 3.8) is 0 Å². The Balaban J connectivity index is 1.09. The number of nitrogens with zero attached hydrogens (tertiary/aromatic N) is 3. The van der Waals surface area contributed by atoms with Crippen molar-refractivity contribution in [2.24, 2.45) is 15.9 Å². The number of aromatic nitrogens is 1. The minimum Gasteiger partial charge on any atom is -0.309 e. The van der Waals surface area contributed by atoms with Crippen LogP contribution in [0.2, 0.25) is 0 Å². The van der Waals surface area contributed by atoms with Gasteiger partial charge in [-0.25, -0.2) is 4.99 Å². The molecule has 2 atom stereocenters. The van der Waals surface area contributed by atoms with Crippen LogP contribution in [0.3, 0.4) is 0 Å². The Hall–Kier alpha value is -7.62. The monoisotopic (exact) mass is 819 g/mol. The first-order chi connectivity index (χ1) is 31.7. The number of para-hydroxylation sites is 1. The summed E-state index contributed by atoms with van der Waals surface area (Å²) >= 11 is 0. The minimum absolute atomic E-state index is 0.0335. The molecule has 2 heterocycles. The number of aryl methyl sites for hydroxylation is 2. The molecular weight excluding hydrogens is 775 g/mol. The highest BCUT2D eigenvalue weighted by atomic mass is 15.0. The maximum absolute atomic E-state index is 5.90. The van der Waals surface area contributed by atoms with Gasteiger partial charge in [-0.1, -0.05) is 159 Å². The molecule has 11 aromatic rings. The van der Waals surface area contributed by atoms with Gasteiger partial charge in [0.2, 0.25) is 0 Å². The van der Waals surface area contributed by atoms with Gasteiger partial charge in [0, 0.05) is 27.9 Å². The topological polar surface area (TPSA) is 29.6 Å². The molecule has 0 fully saturated rings. The fraction of sp³-hybridized carbons (Fsp3) is 0.115. The van der Waals surface area contributed by atoms with E-state index in [-0.39, 0.29) is 12.0 Å². The molecule has 304 valence electrons. The molecule has 0 spiro atoms. The molecule has 0 bridgehead atoms. The van der Waals surface area contributed by atoms with Crippen molar-refractivity contribution in [1.82, 2.24) is 4.57 Å². The molecule has 0 saturated carbocycles. The van der Waals surface area contributed by atoms with Crippen molar-refractivity contribution in [2.45, 2.75) is 38.6 Å². The third kappa shape index (κ3) is 5.88. The molecular formula is C61H45N3. The van der Waals surface area contributed by atoms with Gasteiger partial charge in [-0.2, -0.15) is 0 Å². The summed E-state index contributed by atoms with van der Waals surface area (Å²) in [5.41, 5.74) is 13.7. The van der Waals surface area contributed by atoms with Gasteiger partial charge < -0.3 is 4.57 Å². The fourth-order valence-corrected chi connectivity index (χ4v) is 11.2. The Kier molecular flexibility index (Phi) is 8.52. The second kappa shape index (κ2) is 14.7. The molecule has 2 unspecified atom stereocenters. The zero-order valence-electron chi connectivity index (χ0n) is 35.8. The molecule has 0 saturated heterocycles. The predicted octanol–water partition coefficient (Wildman–Crippen LogP) is 15.6. The molecule has 0 N–H and O–H groups in total. The Morgan fingerprint density at radius 3 is 1.98 bits per heavy atom. The maximum Gasteiger partial charge on any atom is 0.155 e. The first-order valence-corrected chi connectivity index (χ1v) is 22.9. The van der Waals surface area contributed by atoms with E-state index < -0.39 is 0 Å². The van der Waals surface area contributed by atoms with Crippen LogP contribution < -0.4 is 0 Å². The standard InChI is InChI=1S/C61H45N3/c1-2-49-59(46-29-26-38-14-3-4-17-41(38)32-46)62-61(47-30-31-51-44(33-47)28-27-40-16-7-9-22-50(40)51)63-60(49)55-37-48(34-45-21-13-20-39-15-8-10-23-52(39)58(45)55)64-56-25-12-11-24-53(56)54-35-42-18-5-6-19-43(42)36-57(54)64/h3-12,14-19,22-37,49,60H,2,13,20-21H2,1H3. The number of rotatable bonds is 5. The number of hydrogen-bond donors (Lipinski definition) is 0. The van der Waals surface area contributed by atoms with Crippen LogP contribution in [0.15, 0.2) is 204 Å². The zero-order chi connectivity index (χ0) is 42.3. The lowest BCUT2D eigenvalue weighted by molar-refractivity contribution is 0.533. The first kappa shape index (κ1) is 37.0. The van der Waals surface area contributed by atoms with E-state index in [1.807, 2.05) is 0 Å². The quantitative estimate of drug-likeness (QED) is 0.155.